The maximum Gasteiger partial charge on any atom is 0.338 e. The van der Waals surface area contributed by atoms with Crippen LogP contribution in [0.5, 0.6) is 5.75 Å². The first kappa shape index (κ1) is 23.6. The van der Waals surface area contributed by atoms with Gasteiger partial charge in [-0.2, -0.15) is 0 Å². The van der Waals surface area contributed by atoms with E-state index in [1.807, 2.05) is 12.2 Å². The number of ether oxygens (including phenoxy) is 2. The van der Waals surface area contributed by atoms with Gasteiger partial charge in [0.15, 0.2) is 6.61 Å². The van der Waals surface area contributed by atoms with E-state index in [0.29, 0.717) is 11.3 Å². The quantitative estimate of drug-likeness (QED) is 0.304. The molecule has 1 amide bonds. The van der Waals surface area contributed by atoms with Crippen LogP contribution in [0, 0.1) is 18.6 Å². The highest BCUT2D eigenvalue weighted by Crippen LogP contribution is 2.23. The number of para-hydroxylation sites is 1. The highest BCUT2D eigenvalue weighted by Gasteiger charge is 2.14. The largest absolute Gasteiger partial charge is 0.489 e. The molecule has 0 aliphatic heterocycles. The third kappa shape index (κ3) is 5.70. The summed E-state index contributed by atoms with van der Waals surface area (Å²) < 4.78 is 43.0. The normalized spacial score (nSPS) is 10.7. The molecule has 1 heterocycles. The number of halogens is 2. The summed E-state index contributed by atoms with van der Waals surface area (Å²) in [6.07, 6.45) is 0. The number of carbonyl (C=O) groups is 2. The monoisotopic (exact) mass is 479 g/mol. The molecule has 0 bridgehead atoms. The summed E-state index contributed by atoms with van der Waals surface area (Å²) in [5, 5.41) is 2.85. The zero-order valence-corrected chi connectivity index (χ0v) is 18.5. The molecule has 35 heavy (non-hydrogen) atoms. The maximum absolute atomic E-state index is 13.6. The summed E-state index contributed by atoms with van der Waals surface area (Å²) in [6.45, 7) is 1.30. The average molecular weight is 479 g/mol. The van der Waals surface area contributed by atoms with Crippen LogP contribution in [-0.2, 0) is 16.1 Å². The van der Waals surface area contributed by atoms with Crippen molar-refractivity contribution in [2.24, 2.45) is 0 Å². The Kier molecular flexibility index (Phi) is 6.86. The van der Waals surface area contributed by atoms with Crippen LogP contribution in [0.15, 0.2) is 75.9 Å². The van der Waals surface area contributed by atoms with Crippen molar-refractivity contribution in [3.05, 3.63) is 105 Å². The van der Waals surface area contributed by atoms with E-state index in [2.05, 4.69) is 0 Å². The van der Waals surface area contributed by atoms with Crippen LogP contribution in [0.25, 0.3) is 11.0 Å². The van der Waals surface area contributed by atoms with Crippen molar-refractivity contribution >= 4 is 28.5 Å². The first-order valence-corrected chi connectivity index (χ1v) is 10.5. The van der Waals surface area contributed by atoms with E-state index in [1.165, 1.54) is 18.2 Å². The van der Waals surface area contributed by atoms with Gasteiger partial charge in [0, 0.05) is 17.5 Å². The summed E-state index contributed by atoms with van der Waals surface area (Å²) >= 11 is 0. The Morgan fingerprint density at radius 1 is 0.971 bits per heavy atom. The van der Waals surface area contributed by atoms with E-state index in [4.69, 9.17) is 13.9 Å². The molecule has 4 rings (SSSR count). The molecule has 0 saturated carbocycles. The second kappa shape index (κ2) is 10.2. The number of carbonyl (C=O) groups excluding carboxylic acids is 2. The Morgan fingerprint density at radius 3 is 2.40 bits per heavy atom. The van der Waals surface area contributed by atoms with Gasteiger partial charge in [-0.15, -0.1) is 0 Å². The van der Waals surface area contributed by atoms with Crippen molar-refractivity contribution in [3.8, 4) is 5.75 Å². The van der Waals surface area contributed by atoms with E-state index in [-0.39, 0.29) is 12.2 Å². The van der Waals surface area contributed by atoms with Crippen molar-refractivity contribution in [1.29, 1.82) is 0 Å². The van der Waals surface area contributed by atoms with E-state index >= 15 is 0 Å². The van der Waals surface area contributed by atoms with Gasteiger partial charge in [-0.25, -0.2) is 18.4 Å². The molecule has 4 aromatic rings. The van der Waals surface area contributed by atoms with E-state index in [1.54, 1.807) is 30.3 Å². The van der Waals surface area contributed by atoms with Crippen LogP contribution in [0.2, 0.25) is 0 Å². The molecule has 0 spiro atoms. The van der Waals surface area contributed by atoms with Crippen LogP contribution in [-0.4, -0.2) is 18.5 Å². The predicted octanol–water partition coefficient (Wildman–Crippen LogP) is 4.75. The molecule has 1 aromatic heterocycles. The highest BCUT2D eigenvalue weighted by atomic mass is 19.1. The Bertz CT molecular complexity index is 1440. The summed E-state index contributed by atoms with van der Waals surface area (Å²) in [6, 6.07) is 16.1. The number of amides is 1. The van der Waals surface area contributed by atoms with E-state index < -0.39 is 41.4 Å². The third-order valence-electron chi connectivity index (χ3n) is 5.08. The molecule has 0 radical (unpaired) electrons. The average Bonchev–Trinajstić information content (AvgIpc) is 2.83. The molecular weight excluding hydrogens is 460 g/mol. The molecule has 1 N–H and O–H groups in total. The molecule has 9 heteroatoms. The molecule has 0 atom stereocenters. The molecule has 0 unspecified atom stereocenters. The molecule has 3 aromatic carbocycles. The number of anilines is 1. The molecule has 7 nitrogen and oxygen atoms in total. The lowest BCUT2D eigenvalue weighted by atomic mass is 10.1. The summed E-state index contributed by atoms with van der Waals surface area (Å²) in [5.74, 6) is -3.03. The SMILES string of the molecule is Cc1cc(=O)oc2cc(OCc3ccc(C(=O)OCC(=O)Nc4c(F)cccc4F)cc3)ccc12. The van der Waals surface area contributed by atoms with Gasteiger partial charge in [-0.1, -0.05) is 18.2 Å². The van der Waals surface area contributed by atoms with Gasteiger partial charge in [0.1, 0.15) is 35.3 Å². The van der Waals surface area contributed by atoms with Crippen LogP contribution in [0.1, 0.15) is 21.5 Å². The van der Waals surface area contributed by atoms with Crippen molar-refractivity contribution < 1.29 is 32.3 Å². The molecule has 178 valence electrons. The summed E-state index contributed by atoms with van der Waals surface area (Å²) in [5.41, 5.74) is 1.12. The van der Waals surface area contributed by atoms with E-state index in [0.717, 1.165) is 34.7 Å². The van der Waals surface area contributed by atoms with Gasteiger partial charge in [-0.3, -0.25) is 4.79 Å². The second-order valence-corrected chi connectivity index (χ2v) is 7.61. The fraction of sp³-hybridized carbons (Fsp3) is 0.115. The van der Waals surface area contributed by atoms with Crippen LogP contribution in [0.4, 0.5) is 14.5 Å². The first-order valence-electron chi connectivity index (χ1n) is 10.5. The minimum atomic E-state index is -0.939. The second-order valence-electron chi connectivity index (χ2n) is 7.61. The zero-order chi connectivity index (χ0) is 24.9. The number of esters is 1. The Balaban J connectivity index is 1.31. The minimum Gasteiger partial charge on any atom is -0.489 e. The molecule has 0 aliphatic rings. The Hall–Kier alpha value is -4.53. The smallest absolute Gasteiger partial charge is 0.338 e. The van der Waals surface area contributed by atoms with Crippen molar-refractivity contribution in [3.63, 3.8) is 0 Å². The summed E-state index contributed by atoms with van der Waals surface area (Å²) in [4.78, 5) is 35.6. The lowest BCUT2D eigenvalue weighted by molar-refractivity contribution is -0.119. The predicted molar refractivity (Wildman–Crippen MR) is 123 cm³/mol. The van der Waals surface area contributed by atoms with E-state index in [9.17, 15) is 23.2 Å². The zero-order valence-electron chi connectivity index (χ0n) is 18.5. The van der Waals surface area contributed by atoms with Crippen LogP contribution >= 0.6 is 0 Å². The van der Waals surface area contributed by atoms with Gasteiger partial charge >= 0.3 is 11.6 Å². The van der Waals surface area contributed by atoms with Crippen molar-refractivity contribution in [1.82, 2.24) is 0 Å². The number of hydrogen-bond donors (Lipinski definition) is 1. The minimum absolute atomic E-state index is 0.182. The van der Waals surface area contributed by atoms with Gasteiger partial charge < -0.3 is 19.2 Å². The highest BCUT2D eigenvalue weighted by molar-refractivity contribution is 5.95. The number of nitrogens with one attached hydrogen (secondary N) is 1. The van der Waals surface area contributed by atoms with Crippen LogP contribution in [0.3, 0.4) is 0 Å². The number of rotatable bonds is 7. The van der Waals surface area contributed by atoms with Crippen LogP contribution < -0.4 is 15.7 Å². The van der Waals surface area contributed by atoms with Crippen molar-refractivity contribution in [2.75, 3.05) is 11.9 Å². The van der Waals surface area contributed by atoms with Gasteiger partial charge in [0.25, 0.3) is 5.91 Å². The third-order valence-corrected chi connectivity index (χ3v) is 5.08. The number of benzene rings is 3. The molecule has 0 aliphatic carbocycles. The fourth-order valence-corrected chi connectivity index (χ4v) is 3.31. The first-order chi connectivity index (χ1) is 16.8. The number of hydrogen-bond acceptors (Lipinski definition) is 6. The van der Waals surface area contributed by atoms with Crippen molar-refractivity contribution in [2.45, 2.75) is 13.5 Å². The molecular formula is C26H19F2NO6. The topological polar surface area (TPSA) is 94.8 Å². The standard InChI is InChI=1S/C26H19F2NO6/c1-15-11-24(31)35-22-12-18(9-10-19(15)22)33-13-16-5-7-17(8-6-16)26(32)34-14-23(30)29-25-20(27)3-2-4-21(25)28/h2-12H,13-14H2,1H3,(H,29,30). The lowest BCUT2D eigenvalue weighted by Crippen LogP contribution is -2.22. The number of fused-ring (bicyclic) bond motifs is 1. The fourth-order valence-electron chi connectivity index (χ4n) is 3.31. The molecule has 0 saturated heterocycles. The Labute approximate surface area is 197 Å². The summed E-state index contributed by atoms with van der Waals surface area (Å²) in [7, 11) is 0. The van der Waals surface area contributed by atoms with Gasteiger partial charge in [-0.05, 0) is 54.4 Å². The van der Waals surface area contributed by atoms with Gasteiger partial charge in [0.2, 0.25) is 0 Å². The Morgan fingerprint density at radius 2 is 1.69 bits per heavy atom. The maximum atomic E-state index is 13.6. The lowest BCUT2D eigenvalue weighted by Gasteiger charge is -2.09. The molecule has 0 fully saturated rings. The number of aryl methyl sites for hydroxylation is 1. The van der Waals surface area contributed by atoms with Gasteiger partial charge in [0.05, 0.1) is 5.56 Å².